The highest BCUT2D eigenvalue weighted by molar-refractivity contribution is 7.22. The minimum Gasteiger partial charge on any atom is -0.345 e. The van der Waals surface area contributed by atoms with Crippen LogP contribution in [0.5, 0.6) is 0 Å². The van der Waals surface area contributed by atoms with Crippen molar-refractivity contribution in [1.82, 2.24) is 30.1 Å². The highest BCUT2D eigenvalue weighted by Crippen LogP contribution is 2.33. The molecule has 0 saturated carbocycles. The van der Waals surface area contributed by atoms with Gasteiger partial charge in [-0.25, -0.2) is 9.67 Å². The van der Waals surface area contributed by atoms with Gasteiger partial charge in [0.25, 0.3) is 0 Å². The van der Waals surface area contributed by atoms with Crippen molar-refractivity contribution < 1.29 is 0 Å². The molecule has 0 aliphatic carbocycles. The predicted molar refractivity (Wildman–Crippen MR) is 130 cm³/mol. The Bertz CT molecular complexity index is 1170. The van der Waals surface area contributed by atoms with Crippen molar-refractivity contribution in [2.75, 3.05) is 31.1 Å². The van der Waals surface area contributed by atoms with Crippen molar-refractivity contribution in [3.8, 4) is 0 Å². The fourth-order valence-corrected chi connectivity index (χ4v) is 5.32. The number of thiazole rings is 1. The first kappa shape index (κ1) is 21.3. The van der Waals surface area contributed by atoms with Crippen LogP contribution < -0.4 is 4.90 Å². The molecule has 0 unspecified atom stereocenters. The van der Waals surface area contributed by atoms with E-state index in [-0.39, 0.29) is 11.6 Å². The second kappa shape index (κ2) is 8.42. The van der Waals surface area contributed by atoms with Crippen LogP contribution in [0.25, 0.3) is 10.2 Å². The second-order valence-electron chi connectivity index (χ2n) is 9.06. The zero-order valence-corrected chi connectivity index (χ0v) is 20.0. The average molecular weight is 468 g/mol. The summed E-state index contributed by atoms with van der Waals surface area (Å²) >= 11 is 7.94. The van der Waals surface area contributed by atoms with E-state index in [9.17, 15) is 0 Å². The van der Waals surface area contributed by atoms with Gasteiger partial charge in [0.2, 0.25) is 0 Å². The number of tetrazole rings is 1. The monoisotopic (exact) mass is 467 g/mol. The molecule has 0 N–H and O–H groups in total. The van der Waals surface area contributed by atoms with E-state index in [0.29, 0.717) is 0 Å². The Labute approximate surface area is 196 Å². The lowest BCUT2D eigenvalue weighted by atomic mass is 10.0. The Morgan fingerprint density at radius 1 is 0.969 bits per heavy atom. The van der Waals surface area contributed by atoms with Gasteiger partial charge in [0.05, 0.1) is 21.8 Å². The predicted octanol–water partition coefficient (Wildman–Crippen LogP) is 4.60. The Balaban J connectivity index is 1.43. The normalized spacial score (nSPS) is 16.6. The summed E-state index contributed by atoms with van der Waals surface area (Å²) in [5.41, 5.74) is 1.99. The van der Waals surface area contributed by atoms with Crippen molar-refractivity contribution in [2.45, 2.75) is 32.4 Å². The molecule has 9 heteroatoms. The first-order chi connectivity index (χ1) is 15.4. The van der Waals surface area contributed by atoms with Gasteiger partial charge in [-0.2, -0.15) is 0 Å². The third kappa shape index (κ3) is 4.10. The summed E-state index contributed by atoms with van der Waals surface area (Å²) in [6.45, 7) is 9.95. The van der Waals surface area contributed by atoms with E-state index < -0.39 is 0 Å². The van der Waals surface area contributed by atoms with Crippen molar-refractivity contribution >= 4 is 38.3 Å². The first-order valence-corrected chi connectivity index (χ1v) is 12.0. The Hall–Kier alpha value is -2.55. The van der Waals surface area contributed by atoms with Crippen LogP contribution in [-0.4, -0.2) is 56.3 Å². The van der Waals surface area contributed by atoms with E-state index in [4.69, 9.17) is 16.6 Å². The zero-order chi connectivity index (χ0) is 22.3. The largest absolute Gasteiger partial charge is 0.345 e. The lowest BCUT2D eigenvalue weighted by Crippen LogP contribution is -2.48. The van der Waals surface area contributed by atoms with Gasteiger partial charge in [0.15, 0.2) is 11.0 Å². The maximum atomic E-state index is 6.18. The molecule has 2 aromatic carbocycles. The van der Waals surface area contributed by atoms with Crippen LogP contribution in [0.1, 0.15) is 38.2 Å². The molecule has 7 nitrogen and oxygen atoms in total. The van der Waals surface area contributed by atoms with Gasteiger partial charge in [-0.3, -0.25) is 4.90 Å². The third-order valence-corrected chi connectivity index (χ3v) is 7.14. The van der Waals surface area contributed by atoms with Gasteiger partial charge in [-0.05, 0) is 61.0 Å². The number of aromatic nitrogens is 5. The molecule has 0 bridgehead atoms. The average Bonchev–Trinajstić information content (AvgIpc) is 3.43. The molecule has 1 atom stereocenters. The molecule has 1 aliphatic rings. The maximum absolute atomic E-state index is 6.18. The minimum absolute atomic E-state index is 0.0426. The highest BCUT2D eigenvalue weighted by Gasteiger charge is 2.33. The van der Waals surface area contributed by atoms with Crippen LogP contribution >= 0.6 is 22.9 Å². The van der Waals surface area contributed by atoms with Crippen LogP contribution in [0.4, 0.5) is 5.13 Å². The number of benzene rings is 2. The summed E-state index contributed by atoms with van der Waals surface area (Å²) in [6.07, 6.45) is 0. The van der Waals surface area contributed by atoms with Crippen LogP contribution in [-0.2, 0) is 5.54 Å². The number of hydrogen-bond donors (Lipinski definition) is 0. The number of nitrogens with zero attached hydrogens (tertiary/aromatic N) is 7. The smallest absolute Gasteiger partial charge is 0.186 e. The zero-order valence-electron chi connectivity index (χ0n) is 18.4. The number of rotatable bonds is 4. The lowest BCUT2D eigenvalue weighted by molar-refractivity contribution is 0.191. The first-order valence-electron chi connectivity index (χ1n) is 10.8. The van der Waals surface area contributed by atoms with E-state index in [1.54, 1.807) is 11.3 Å². The van der Waals surface area contributed by atoms with Crippen LogP contribution in [0.2, 0.25) is 5.02 Å². The van der Waals surface area contributed by atoms with E-state index >= 15 is 0 Å². The molecule has 166 valence electrons. The Kier molecular flexibility index (Phi) is 5.61. The number of anilines is 1. The van der Waals surface area contributed by atoms with Gasteiger partial charge >= 0.3 is 0 Å². The Morgan fingerprint density at radius 2 is 1.69 bits per heavy atom. The van der Waals surface area contributed by atoms with Gasteiger partial charge in [-0.15, -0.1) is 5.10 Å². The molecule has 3 heterocycles. The van der Waals surface area contributed by atoms with Crippen molar-refractivity contribution in [3.63, 3.8) is 0 Å². The summed E-state index contributed by atoms with van der Waals surface area (Å²) in [4.78, 5) is 9.69. The molecule has 0 radical (unpaired) electrons. The fourth-order valence-electron chi connectivity index (χ4n) is 4.18. The van der Waals surface area contributed by atoms with E-state index in [1.165, 1.54) is 4.70 Å². The van der Waals surface area contributed by atoms with Crippen molar-refractivity contribution in [2.24, 2.45) is 0 Å². The van der Waals surface area contributed by atoms with Gasteiger partial charge in [-0.1, -0.05) is 47.2 Å². The number of hydrogen-bond acceptors (Lipinski definition) is 7. The van der Waals surface area contributed by atoms with Crippen LogP contribution in [0.3, 0.4) is 0 Å². The third-order valence-electron chi connectivity index (χ3n) is 5.79. The molecule has 0 amide bonds. The summed E-state index contributed by atoms with van der Waals surface area (Å²) < 4.78 is 3.17. The fraction of sp³-hybridized carbons (Fsp3) is 0.391. The molecule has 1 saturated heterocycles. The molecular formula is C23H26ClN7S. The van der Waals surface area contributed by atoms with Gasteiger partial charge in [0.1, 0.15) is 0 Å². The maximum Gasteiger partial charge on any atom is 0.186 e. The second-order valence-corrected chi connectivity index (χ2v) is 10.5. The number of halogens is 1. The molecule has 2 aromatic heterocycles. The molecule has 5 rings (SSSR count). The molecule has 1 aliphatic heterocycles. The molecule has 4 aromatic rings. The highest BCUT2D eigenvalue weighted by atomic mass is 35.5. The van der Waals surface area contributed by atoms with E-state index in [1.807, 2.05) is 22.9 Å². The standard InChI is InChI=1S/C23H26ClN7S/c1-23(2,3)31-21(26-27-28-31)20(16-8-10-17(24)11-9-16)29-12-14-30(15-13-29)22-25-18-6-4-5-7-19(18)32-22/h4-11,20H,12-15H2,1-3H3/t20-/m1/s1. The molecule has 0 spiro atoms. The lowest BCUT2D eigenvalue weighted by Gasteiger charge is -2.39. The molecule has 32 heavy (non-hydrogen) atoms. The van der Waals surface area contributed by atoms with Gasteiger partial charge in [0, 0.05) is 31.2 Å². The quantitative estimate of drug-likeness (QED) is 0.437. The molecule has 1 fully saturated rings. The molecular weight excluding hydrogens is 442 g/mol. The van der Waals surface area contributed by atoms with E-state index in [2.05, 4.69) is 76.4 Å². The summed E-state index contributed by atoms with van der Waals surface area (Å²) in [5, 5.41) is 14.6. The van der Waals surface area contributed by atoms with Crippen molar-refractivity contribution in [1.29, 1.82) is 0 Å². The van der Waals surface area contributed by atoms with Crippen LogP contribution in [0, 0.1) is 0 Å². The summed E-state index contributed by atoms with van der Waals surface area (Å²) in [5.74, 6) is 0.855. The number of piperazine rings is 1. The SMILES string of the molecule is CC(C)(C)n1nnnc1[C@@H](c1ccc(Cl)cc1)N1CCN(c2nc3ccccc3s2)CC1. The van der Waals surface area contributed by atoms with E-state index in [0.717, 1.165) is 53.2 Å². The van der Waals surface area contributed by atoms with Gasteiger partial charge < -0.3 is 4.90 Å². The van der Waals surface area contributed by atoms with Crippen LogP contribution in [0.15, 0.2) is 48.5 Å². The topological polar surface area (TPSA) is 63.0 Å². The van der Waals surface area contributed by atoms with Crippen molar-refractivity contribution in [3.05, 3.63) is 64.9 Å². The summed E-state index contributed by atoms with van der Waals surface area (Å²) in [6, 6.07) is 16.3. The minimum atomic E-state index is -0.216. The summed E-state index contributed by atoms with van der Waals surface area (Å²) in [7, 11) is 0. The Morgan fingerprint density at radius 3 is 2.38 bits per heavy atom. The number of para-hydroxylation sites is 1. The number of fused-ring (bicyclic) bond motifs is 1.